The van der Waals surface area contributed by atoms with E-state index in [1.54, 1.807) is 29.3 Å². The van der Waals surface area contributed by atoms with Gasteiger partial charge in [-0.1, -0.05) is 13.8 Å². The Morgan fingerprint density at radius 3 is 2.84 bits per heavy atom. The van der Waals surface area contributed by atoms with E-state index < -0.39 is 0 Å². The predicted octanol–water partition coefficient (Wildman–Crippen LogP) is 2.04. The number of hydrogen-bond donors (Lipinski definition) is 1. The lowest BCUT2D eigenvalue weighted by Crippen LogP contribution is -2.12. The van der Waals surface area contributed by atoms with Gasteiger partial charge < -0.3 is 5.32 Å². The molecule has 1 amide bonds. The van der Waals surface area contributed by atoms with Gasteiger partial charge >= 0.3 is 0 Å². The first-order chi connectivity index (χ1) is 9.15. The van der Waals surface area contributed by atoms with Crippen LogP contribution in [-0.4, -0.2) is 25.7 Å². The van der Waals surface area contributed by atoms with E-state index in [-0.39, 0.29) is 5.91 Å². The Hall–Kier alpha value is -2.24. The third-order valence-electron chi connectivity index (χ3n) is 2.63. The van der Waals surface area contributed by atoms with Gasteiger partial charge in [-0.2, -0.15) is 5.10 Å². The molecule has 19 heavy (non-hydrogen) atoms. The van der Waals surface area contributed by atoms with Gasteiger partial charge in [0.2, 0.25) is 5.91 Å². The molecule has 0 aliphatic rings. The van der Waals surface area contributed by atoms with Gasteiger partial charge in [-0.05, 0) is 24.5 Å². The molecule has 0 aliphatic heterocycles. The number of carbonyl (C=O) groups excluding carboxylic acids is 1. The highest BCUT2D eigenvalue weighted by molar-refractivity contribution is 5.90. The highest BCUT2D eigenvalue weighted by Crippen LogP contribution is 2.10. The summed E-state index contributed by atoms with van der Waals surface area (Å²) in [6, 6.07) is 3.59. The Morgan fingerprint density at radius 1 is 1.42 bits per heavy atom. The molecule has 0 saturated carbocycles. The minimum atomic E-state index is 0.0176. The van der Waals surface area contributed by atoms with Crippen molar-refractivity contribution >= 4 is 11.6 Å². The Kier molecular flexibility index (Phi) is 4.22. The van der Waals surface area contributed by atoms with Gasteiger partial charge in [0.15, 0.2) is 5.82 Å². The normalized spacial score (nSPS) is 10.7. The van der Waals surface area contributed by atoms with Crippen molar-refractivity contribution in [1.29, 1.82) is 0 Å². The number of rotatable bonds is 5. The average molecular weight is 259 g/mol. The highest BCUT2D eigenvalue weighted by Gasteiger charge is 2.05. The molecule has 0 fully saturated rings. The largest absolute Gasteiger partial charge is 0.325 e. The molecule has 0 spiro atoms. The molecule has 0 radical (unpaired) electrons. The number of aromatic nitrogens is 4. The summed E-state index contributed by atoms with van der Waals surface area (Å²) < 4.78 is 1.56. The molecule has 1 N–H and O–H groups in total. The summed E-state index contributed by atoms with van der Waals surface area (Å²) in [5.41, 5.74) is 0.692. The van der Waals surface area contributed by atoms with Gasteiger partial charge in [0.25, 0.3) is 0 Å². The van der Waals surface area contributed by atoms with Crippen molar-refractivity contribution in [1.82, 2.24) is 19.7 Å². The number of amides is 1. The molecule has 2 heterocycles. The number of carbonyl (C=O) groups is 1. The standard InChI is InChI=1S/C13H17N5O/c1-10(2)3-6-13(19)17-11-4-5-12(15-7-11)18-9-14-8-16-18/h4-5,7-10H,3,6H2,1-2H3,(H,17,19). The van der Waals surface area contributed by atoms with E-state index >= 15 is 0 Å². The van der Waals surface area contributed by atoms with Crippen molar-refractivity contribution in [2.24, 2.45) is 5.92 Å². The smallest absolute Gasteiger partial charge is 0.224 e. The summed E-state index contributed by atoms with van der Waals surface area (Å²) in [4.78, 5) is 19.7. The lowest BCUT2D eigenvalue weighted by Gasteiger charge is -2.07. The fraction of sp³-hybridized carbons (Fsp3) is 0.385. The molecule has 2 aromatic rings. The van der Waals surface area contributed by atoms with Crippen molar-refractivity contribution in [3.63, 3.8) is 0 Å². The molecule has 2 aromatic heterocycles. The average Bonchev–Trinajstić information content (AvgIpc) is 2.91. The minimum absolute atomic E-state index is 0.0176. The Labute approximate surface area is 111 Å². The van der Waals surface area contributed by atoms with Crippen molar-refractivity contribution in [2.45, 2.75) is 26.7 Å². The molecule has 0 saturated heterocycles. The molecule has 2 rings (SSSR count). The molecule has 0 bridgehead atoms. The second kappa shape index (κ2) is 6.08. The Balaban J connectivity index is 1.94. The molecule has 0 atom stereocenters. The summed E-state index contributed by atoms with van der Waals surface area (Å²) in [6.45, 7) is 4.20. The van der Waals surface area contributed by atoms with Crippen molar-refractivity contribution < 1.29 is 4.79 Å². The second-order valence-electron chi connectivity index (χ2n) is 4.73. The molecule has 100 valence electrons. The lowest BCUT2D eigenvalue weighted by atomic mass is 10.1. The number of nitrogens with zero attached hydrogens (tertiary/aromatic N) is 4. The van der Waals surface area contributed by atoms with Crippen LogP contribution in [0.25, 0.3) is 5.82 Å². The number of anilines is 1. The fourth-order valence-corrected chi connectivity index (χ4v) is 1.57. The summed E-state index contributed by atoms with van der Waals surface area (Å²) in [5.74, 6) is 1.21. The quantitative estimate of drug-likeness (QED) is 0.891. The van der Waals surface area contributed by atoms with Crippen LogP contribution in [0.5, 0.6) is 0 Å². The Bertz CT molecular complexity index is 518. The van der Waals surface area contributed by atoms with Gasteiger partial charge in [0.1, 0.15) is 12.7 Å². The molecule has 0 aliphatic carbocycles. The van der Waals surface area contributed by atoms with Gasteiger partial charge in [-0.15, -0.1) is 0 Å². The van der Waals surface area contributed by atoms with Crippen molar-refractivity contribution in [3.05, 3.63) is 31.0 Å². The summed E-state index contributed by atoms with van der Waals surface area (Å²) in [6.07, 6.45) is 6.05. The lowest BCUT2D eigenvalue weighted by molar-refractivity contribution is -0.116. The van der Waals surface area contributed by atoms with E-state index in [0.29, 0.717) is 23.8 Å². The van der Waals surface area contributed by atoms with Gasteiger partial charge in [0.05, 0.1) is 11.9 Å². The summed E-state index contributed by atoms with van der Waals surface area (Å²) >= 11 is 0. The molecular formula is C13H17N5O. The van der Waals surface area contributed by atoms with Crippen molar-refractivity contribution in [2.75, 3.05) is 5.32 Å². The van der Waals surface area contributed by atoms with Crippen LogP contribution in [0.15, 0.2) is 31.0 Å². The van der Waals surface area contributed by atoms with Gasteiger partial charge in [-0.25, -0.2) is 14.6 Å². The van der Waals surface area contributed by atoms with Crippen molar-refractivity contribution in [3.8, 4) is 5.82 Å². The maximum atomic E-state index is 11.7. The summed E-state index contributed by atoms with van der Waals surface area (Å²) in [7, 11) is 0. The zero-order valence-electron chi connectivity index (χ0n) is 11.1. The van der Waals surface area contributed by atoms with Crippen LogP contribution in [0.4, 0.5) is 5.69 Å². The second-order valence-corrected chi connectivity index (χ2v) is 4.73. The van der Waals surface area contributed by atoms with Crippen LogP contribution < -0.4 is 5.32 Å². The van der Waals surface area contributed by atoms with E-state index in [2.05, 4.69) is 34.2 Å². The zero-order chi connectivity index (χ0) is 13.7. The molecule has 6 heteroatoms. The third kappa shape index (κ3) is 3.87. The first kappa shape index (κ1) is 13.2. The monoisotopic (exact) mass is 259 g/mol. The van der Waals surface area contributed by atoms with E-state index in [0.717, 1.165) is 6.42 Å². The van der Waals surface area contributed by atoms with Gasteiger partial charge in [-0.3, -0.25) is 4.79 Å². The molecule has 6 nitrogen and oxygen atoms in total. The molecule has 0 unspecified atom stereocenters. The Morgan fingerprint density at radius 2 is 2.26 bits per heavy atom. The SMILES string of the molecule is CC(C)CCC(=O)Nc1ccc(-n2cncn2)nc1. The third-order valence-corrected chi connectivity index (χ3v) is 2.63. The van der Waals surface area contributed by atoms with Crippen LogP contribution >= 0.6 is 0 Å². The number of hydrogen-bond acceptors (Lipinski definition) is 4. The fourth-order valence-electron chi connectivity index (χ4n) is 1.57. The van der Waals surface area contributed by atoms with E-state index in [4.69, 9.17) is 0 Å². The van der Waals surface area contributed by atoms with Crippen LogP contribution in [-0.2, 0) is 4.79 Å². The molecule has 0 aromatic carbocycles. The topological polar surface area (TPSA) is 72.7 Å². The predicted molar refractivity (Wildman–Crippen MR) is 71.9 cm³/mol. The first-order valence-corrected chi connectivity index (χ1v) is 6.26. The van der Waals surface area contributed by atoms with Crippen LogP contribution in [0.1, 0.15) is 26.7 Å². The van der Waals surface area contributed by atoms with Crippen LogP contribution in [0.3, 0.4) is 0 Å². The number of nitrogens with one attached hydrogen (secondary N) is 1. The first-order valence-electron chi connectivity index (χ1n) is 6.26. The van der Waals surface area contributed by atoms with E-state index in [1.807, 2.05) is 0 Å². The maximum Gasteiger partial charge on any atom is 0.224 e. The summed E-state index contributed by atoms with van der Waals surface area (Å²) in [5, 5.41) is 6.80. The van der Waals surface area contributed by atoms with Crippen LogP contribution in [0.2, 0.25) is 0 Å². The van der Waals surface area contributed by atoms with E-state index in [1.165, 1.54) is 6.33 Å². The number of pyridine rings is 1. The minimum Gasteiger partial charge on any atom is -0.325 e. The highest BCUT2D eigenvalue weighted by atomic mass is 16.1. The van der Waals surface area contributed by atoms with E-state index in [9.17, 15) is 4.79 Å². The maximum absolute atomic E-state index is 11.7. The van der Waals surface area contributed by atoms with Crippen LogP contribution in [0, 0.1) is 5.92 Å². The molecular weight excluding hydrogens is 242 g/mol. The van der Waals surface area contributed by atoms with Gasteiger partial charge in [0, 0.05) is 6.42 Å². The zero-order valence-corrected chi connectivity index (χ0v) is 11.1.